The van der Waals surface area contributed by atoms with E-state index >= 15 is 0 Å². The molecule has 0 radical (unpaired) electrons. The van der Waals surface area contributed by atoms with Crippen molar-refractivity contribution >= 4 is 5.97 Å². The highest BCUT2D eigenvalue weighted by Crippen LogP contribution is 2.62. The number of hydrogen-bond donors (Lipinski definition) is 1. The lowest BCUT2D eigenvalue weighted by Crippen LogP contribution is -2.53. The third-order valence-corrected chi connectivity index (χ3v) is 6.78. The lowest BCUT2D eigenvalue weighted by Gasteiger charge is -2.59. The van der Waals surface area contributed by atoms with Gasteiger partial charge in [-0.3, -0.25) is 0 Å². The maximum atomic E-state index is 11.5. The van der Waals surface area contributed by atoms with Crippen molar-refractivity contribution in [3.8, 4) is 0 Å². The number of hydrogen-bond acceptors (Lipinski definition) is 3. The SMILES string of the molecule is C=C1CCC2C(C)(C)C[C@H](O)C[C@]2(C)[C@H]1C[C@@H]1OC(=O)C=C1C. The lowest BCUT2D eigenvalue weighted by molar-refractivity contribution is -0.142. The summed E-state index contributed by atoms with van der Waals surface area (Å²) in [6, 6.07) is 0. The molecule has 23 heavy (non-hydrogen) atoms. The zero-order valence-electron chi connectivity index (χ0n) is 14.9. The summed E-state index contributed by atoms with van der Waals surface area (Å²) >= 11 is 0. The van der Waals surface area contributed by atoms with Crippen molar-refractivity contribution in [2.24, 2.45) is 22.7 Å². The van der Waals surface area contributed by atoms with Gasteiger partial charge in [-0.1, -0.05) is 32.9 Å². The van der Waals surface area contributed by atoms with E-state index in [2.05, 4.69) is 27.4 Å². The number of esters is 1. The van der Waals surface area contributed by atoms with Gasteiger partial charge in [0.05, 0.1) is 6.10 Å². The third-order valence-electron chi connectivity index (χ3n) is 6.78. The van der Waals surface area contributed by atoms with E-state index in [1.165, 1.54) is 5.57 Å². The van der Waals surface area contributed by atoms with Crippen LogP contribution in [0.5, 0.6) is 0 Å². The first kappa shape index (κ1) is 16.8. The van der Waals surface area contributed by atoms with Crippen molar-refractivity contribution < 1.29 is 14.6 Å². The summed E-state index contributed by atoms with van der Waals surface area (Å²) in [5.41, 5.74) is 2.46. The number of cyclic esters (lactones) is 1. The summed E-state index contributed by atoms with van der Waals surface area (Å²) in [6.45, 7) is 13.2. The molecule has 1 N–H and O–H groups in total. The maximum absolute atomic E-state index is 11.5. The highest BCUT2D eigenvalue weighted by atomic mass is 16.5. The van der Waals surface area contributed by atoms with Gasteiger partial charge >= 0.3 is 5.97 Å². The van der Waals surface area contributed by atoms with Gasteiger partial charge in [-0.05, 0) is 67.3 Å². The van der Waals surface area contributed by atoms with Gasteiger partial charge in [-0.25, -0.2) is 4.79 Å². The summed E-state index contributed by atoms with van der Waals surface area (Å²) in [5.74, 6) is 0.657. The Bertz CT molecular complexity index is 559. The molecule has 0 aromatic heterocycles. The van der Waals surface area contributed by atoms with Crippen molar-refractivity contribution in [3.63, 3.8) is 0 Å². The summed E-state index contributed by atoms with van der Waals surface area (Å²) in [7, 11) is 0. The minimum Gasteiger partial charge on any atom is -0.455 e. The number of carbonyl (C=O) groups is 1. The first-order valence-corrected chi connectivity index (χ1v) is 8.88. The second-order valence-corrected chi connectivity index (χ2v) is 8.91. The molecule has 128 valence electrons. The summed E-state index contributed by atoms with van der Waals surface area (Å²) in [5, 5.41) is 10.5. The number of aliphatic hydroxyl groups is 1. The van der Waals surface area contributed by atoms with Crippen LogP contribution in [0.15, 0.2) is 23.8 Å². The van der Waals surface area contributed by atoms with Crippen LogP contribution in [0, 0.1) is 22.7 Å². The molecule has 3 rings (SSSR count). The molecule has 2 fully saturated rings. The minimum atomic E-state index is -0.248. The number of ether oxygens (including phenoxy) is 1. The maximum Gasteiger partial charge on any atom is 0.331 e. The van der Waals surface area contributed by atoms with Crippen LogP contribution in [0.1, 0.15) is 59.8 Å². The van der Waals surface area contributed by atoms with Crippen LogP contribution in [0.25, 0.3) is 0 Å². The summed E-state index contributed by atoms with van der Waals surface area (Å²) in [6.07, 6.45) is 5.96. The lowest BCUT2D eigenvalue weighted by atomic mass is 9.46. The van der Waals surface area contributed by atoms with E-state index in [0.29, 0.717) is 11.8 Å². The van der Waals surface area contributed by atoms with E-state index in [1.807, 2.05) is 6.92 Å². The van der Waals surface area contributed by atoms with Crippen molar-refractivity contribution in [2.45, 2.75) is 72.0 Å². The highest BCUT2D eigenvalue weighted by Gasteiger charge is 2.55. The molecule has 0 saturated heterocycles. The predicted octanol–water partition coefficient (Wildman–Crippen LogP) is 4.02. The Balaban J connectivity index is 1.89. The van der Waals surface area contributed by atoms with Crippen LogP contribution in [-0.4, -0.2) is 23.3 Å². The Kier molecular flexibility index (Phi) is 3.99. The molecule has 1 aliphatic heterocycles. The summed E-state index contributed by atoms with van der Waals surface area (Å²) in [4.78, 5) is 11.5. The average molecular weight is 318 g/mol. The fraction of sp³-hybridized carbons (Fsp3) is 0.750. The van der Waals surface area contributed by atoms with E-state index in [4.69, 9.17) is 4.74 Å². The molecule has 3 aliphatic rings. The van der Waals surface area contributed by atoms with Crippen LogP contribution < -0.4 is 0 Å². The molecule has 5 atom stereocenters. The van der Waals surface area contributed by atoms with Gasteiger partial charge in [0, 0.05) is 6.08 Å². The molecular formula is C20H30O3. The quantitative estimate of drug-likeness (QED) is 0.618. The van der Waals surface area contributed by atoms with Gasteiger partial charge in [0.1, 0.15) is 6.10 Å². The third kappa shape index (κ3) is 2.77. The van der Waals surface area contributed by atoms with Gasteiger partial charge in [-0.15, -0.1) is 0 Å². The smallest absolute Gasteiger partial charge is 0.331 e. The Morgan fingerprint density at radius 2 is 2.04 bits per heavy atom. The van der Waals surface area contributed by atoms with E-state index in [9.17, 15) is 9.90 Å². The zero-order valence-corrected chi connectivity index (χ0v) is 14.9. The number of carbonyl (C=O) groups excluding carboxylic acids is 1. The predicted molar refractivity (Wildman–Crippen MR) is 90.7 cm³/mol. The topological polar surface area (TPSA) is 46.5 Å². The van der Waals surface area contributed by atoms with Gasteiger partial charge in [0.15, 0.2) is 0 Å². The van der Waals surface area contributed by atoms with Crippen molar-refractivity contribution in [1.82, 2.24) is 0 Å². The van der Waals surface area contributed by atoms with Crippen LogP contribution in [0.2, 0.25) is 0 Å². The molecule has 2 aliphatic carbocycles. The molecular weight excluding hydrogens is 288 g/mol. The van der Waals surface area contributed by atoms with Gasteiger partial charge in [-0.2, -0.15) is 0 Å². The molecule has 1 heterocycles. The molecule has 0 aromatic rings. The highest BCUT2D eigenvalue weighted by molar-refractivity contribution is 5.85. The van der Waals surface area contributed by atoms with Gasteiger partial charge < -0.3 is 9.84 Å². The molecule has 0 spiro atoms. The fourth-order valence-electron chi connectivity index (χ4n) is 5.87. The minimum absolute atomic E-state index is 0.0335. The summed E-state index contributed by atoms with van der Waals surface area (Å²) < 4.78 is 5.49. The van der Waals surface area contributed by atoms with Crippen LogP contribution in [0.4, 0.5) is 0 Å². The number of aliphatic hydroxyl groups excluding tert-OH is 1. The monoisotopic (exact) mass is 318 g/mol. The molecule has 0 amide bonds. The standard InChI is InChI=1S/C20H30O3/c1-12-6-7-17-19(3,4)10-14(21)11-20(17,5)15(12)9-16-13(2)8-18(22)23-16/h8,14-17,21H,1,6-7,9-11H2,2-5H3/t14-,15-,16-,17?,20+/m0/s1. The first-order chi connectivity index (χ1) is 10.6. The van der Waals surface area contributed by atoms with Crippen molar-refractivity contribution in [1.29, 1.82) is 0 Å². The fourth-order valence-corrected chi connectivity index (χ4v) is 5.87. The molecule has 0 bridgehead atoms. The molecule has 1 unspecified atom stereocenters. The molecule has 3 nitrogen and oxygen atoms in total. The second kappa shape index (κ2) is 5.47. The first-order valence-electron chi connectivity index (χ1n) is 8.88. The van der Waals surface area contributed by atoms with E-state index in [1.54, 1.807) is 6.08 Å². The van der Waals surface area contributed by atoms with Crippen LogP contribution >= 0.6 is 0 Å². The Labute approximate surface area is 139 Å². The number of fused-ring (bicyclic) bond motifs is 1. The Hall–Kier alpha value is -1.09. The Morgan fingerprint density at radius 1 is 1.35 bits per heavy atom. The average Bonchev–Trinajstić information content (AvgIpc) is 2.70. The zero-order chi connectivity index (χ0) is 17.0. The Morgan fingerprint density at radius 3 is 2.65 bits per heavy atom. The van der Waals surface area contributed by atoms with Crippen LogP contribution in [0.3, 0.4) is 0 Å². The van der Waals surface area contributed by atoms with E-state index < -0.39 is 0 Å². The molecule has 3 heteroatoms. The largest absolute Gasteiger partial charge is 0.455 e. The number of allylic oxidation sites excluding steroid dienone is 1. The van der Waals surface area contributed by atoms with Crippen molar-refractivity contribution in [3.05, 3.63) is 23.8 Å². The second-order valence-electron chi connectivity index (χ2n) is 8.91. The molecule has 0 aromatic carbocycles. The van der Waals surface area contributed by atoms with Gasteiger partial charge in [0.2, 0.25) is 0 Å². The van der Waals surface area contributed by atoms with E-state index in [0.717, 1.165) is 37.7 Å². The van der Waals surface area contributed by atoms with Crippen molar-refractivity contribution in [2.75, 3.05) is 0 Å². The van der Waals surface area contributed by atoms with E-state index in [-0.39, 0.29) is 29.0 Å². The molecule has 2 saturated carbocycles. The van der Waals surface area contributed by atoms with Crippen LogP contribution in [-0.2, 0) is 9.53 Å². The normalized spacial score (nSPS) is 42.9. The number of rotatable bonds is 2. The van der Waals surface area contributed by atoms with Gasteiger partial charge in [0.25, 0.3) is 0 Å².